The van der Waals surface area contributed by atoms with E-state index in [1.165, 1.54) is 18.0 Å². The summed E-state index contributed by atoms with van der Waals surface area (Å²) >= 11 is 7.43. The van der Waals surface area contributed by atoms with Gasteiger partial charge in [0.05, 0.1) is 24.1 Å². The van der Waals surface area contributed by atoms with Gasteiger partial charge in [-0.05, 0) is 48.9 Å². The van der Waals surface area contributed by atoms with Crippen molar-refractivity contribution in [3.05, 3.63) is 82.6 Å². The van der Waals surface area contributed by atoms with Crippen LogP contribution >= 0.6 is 23.4 Å². The van der Waals surface area contributed by atoms with E-state index in [-0.39, 0.29) is 17.6 Å². The number of amides is 1. The average Bonchev–Trinajstić information content (AvgIpc) is 3.23. The molecule has 2 aromatic carbocycles. The third kappa shape index (κ3) is 7.01. The number of esters is 1. The highest BCUT2D eigenvalue weighted by Gasteiger charge is 2.08. The smallest absolute Gasteiger partial charge is 0.338 e. The van der Waals surface area contributed by atoms with E-state index in [0.29, 0.717) is 34.5 Å². The summed E-state index contributed by atoms with van der Waals surface area (Å²) in [6, 6.07) is 18.0. The predicted octanol–water partition coefficient (Wildman–Crippen LogP) is 5.16. The Morgan fingerprint density at radius 3 is 2.71 bits per heavy atom. The molecule has 6 nitrogen and oxygen atoms in total. The minimum atomic E-state index is -0.359. The highest BCUT2D eigenvalue weighted by Crippen LogP contribution is 2.22. The zero-order chi connectivity index (χ0) is 22.1. The number of furan rings is 1. The van der Waals surface area contributed by atoms with Gasteiger partial charge in [0.1, 0.15) is 11.5 Å². The molecule has 1 heterocycles. The van der Waals surface area contributed by atoms with Crippen LogP contribution in [0.4, 0.5) is 0 Å². The molecule has 0 radical (unpaired) electrons. The lowest BCUT2D eigenvalue weighted by molar-refractivity contribution is -0.118. The van der Waals surface area contributed by atoms with E-state index in [0.717, 1.165) is 11.1 Å². The first kappa shape index (κ1) is 22.7. The van der Waals surface area contributed by atoms with Crippen LogP contribution in [-0.4, -0.2) is 30.5 Å². The third-order valence-electron chi connectivity index (χ3n) is 4.08. The van der Waals surface area contributed by atoms with E-state index in [4.69, 9.17) is 20.8 Å². The highest BCUT2D eigenvalue weighted by molar-refractivity contribution is 7.99. The van der Waals surface area contributed by atoms with Crippen molar-refractivity contribution in [3.63, 3.8) is 0 Å². The molecule has 0 aliphatic heterocycles. The maximum atomic E-state index is 11.9. The Hall–Kier alpha value is -3.03. The van der Waals surface area contributed by atoms with Crippen molar-refractivity contribution in [1.82, 2.24) is 5.43 Å². The van der Waals surface area contributed by atoms with Gasteiger partial charge in [0.25, 0.3) is 0 Å². The van der Waals surface area contributed by atoms with Gasteiger partial charge in [-0.3, -0.25) is 4.79 Å². The van der Waals surface area contributed by atoms with Gasteiger partial charge in [-0.15, -0.1) is 11.8 Å². The second-order valence-corrected chi connectivity index (χ2v) is 7.84. The summed E-state index contributed by atoms with van der Waals surface area (Å²) in [4.78, 5) is 23.6. The summed E-state index contributed by atoms with van der Waals surface area (Å²) in [5.41, 5.74) is 4.84. The number of hydrogen-bond acceptors (Lipinski definition) is 6. The van der Waals surface area contributed by atoms with Gasteiger partial charge in [0, 0.05) is 16.3 Å². The summed E-state index contributed by atoms with van der Waals surface area (Å²) in [7, 11) is 0. The normalized spacial score (nSPS) is 10.9. The number of hydrazone groups is 1. The van der Waals surface area contributed by atoms with Crippen molar-refractivity contribution in [2.45, 2.75) is 12.7 Å². The van der Waals surface area contributed by atoms with Gasteiger partial charge in [-0.1, -0.05) is 35.9 Å². The Bertz CT molecular complexity index is 1060. The fourth-order valence-electron chi connectivity index (χ4n) is 2.65. The predicted molar refractivity (Wildman–Crippen MR) is 123 cm³/mol. The van der Waals surface area contributed by atoms with Crippen molar-refractivity contribution in [2.75, 3.05) is 12.4 Å². The van der Waals surface area contributed by atoms with Crippen LogP contribution in [0.25, 0.3) is 11.3 Å². The maximum Gasteiger partial charge on any atom is 0.338 e. The molecule has 160 valence electrons. The SMILES string of the molecule is CCOC(=O)c1ccc(-c2ccc(/C=N\NC(=O)CSCc3cccc(Cl)c3)o2)cc1. The van der Waals surface area contributed by atoms with Crippen molar-refractivity contribution >= 4 is 41.5 Å². The number of nitrogens with one attached hydrogen (secondary N) is 1. The molecule has 0 saturated carbocycles. The number of ether oxygens (including phenoxy) is 1. The number of thioether (sulfide) groups is 1. The van der Waals surface area contributed by atoms with E-state index in [1.807, 2.05) is 24.3 Å². The summed E-state index contributed by atoms with van der Waals surface area (Å²) in [6.07, 6.45) is 1.44. The van der Waals surface area contributed by atoms with Gasteiger partial charge >= 0.3 is 5.97 Å². The lowest BCUT2D eigenvalue weighted by Crippen LogP contribution is -2.19. The molecular weight excluding hydrogens is 436 g/mol. The van der Waals surface area contributed by atoms with Gasteiger partial charge < -0.3 is 9.15 Å². The van der Waals surface area contributed by atoms with Crippen molar-refractivity contribution < 1.29 is 18.7 Å². The minimum absolute atomic E-state index is 0.204. The Kier molecular flexibility index (Phi) is 8.32. The molecule has 3 rings (SSSR count). The summed E-state index contributed by atoms with van der Waals surface area (Å²) in [5.74, 6) is 1.53. The maximum absolute atomic E-state index is 11.9. The first-order chi connectivity index (χ1) is 15.0. The quantitative estimate of drug-likeness (QED) is 0.273. The number of benzene rings is 2. The lowest BCUT2D eigenvalue weighted by Gasteiger charge is -2.02. The first-order valence-corrected chi connectivity index (χ1v) is 11.1. The molecular formula is C23H21ClN2O4S. The van der Waals surface area contributed by atoms with Gasteiger partial charge in [-0.2, -0.15) is 5.10 Å². The Balaban J connectivity index is 1.46. The molecule has 8 heteroatoms. The fraction of sp³-hybridized carbons (Fsp3) is 0.174. The average molecular weight is 457 g/mol. The fourth-order valence-corrected chi connectivity index (χ4v) is 3.63. The van der Waals surface area contributed by atoms with Crippen LogP contribution in [-0.2, 0) is 15.3 Å². The van der Waals surface area contributed by atoms with Crippen LogP contribution in [0.1, 0.15) is 28.6 Å². The Labute approximate surface area is 189 Å². The molecule has 0 saturated heterocycles. The van der Waals surface area contributed by atoms with Crippen LogP contribution in [0.2, 0.25) is 5.02 Å². The number of hydrogen-bond donors (Lipinski definition) is 1. The summed E-state index contributed by atoms with van der Waals surface area (Å²) in [6.45, 7) is 2.10. The molecule has 0 atom stereocenters. The van der Waals surface area contributed by atoms with Crippen LogP contribution in [0.5, 0.6) is 0 Å². The molecule has 0 aliphatic carbocycles. The van der Waals surface area contributed by atoms with Gasteiger partial charge in [0.15, 0.2) is 0 Å². The zero-order valence-electron chi connectivity index (χ0n) is 16.8. The van der Waals surface area contributed by atoms with Crippen LogP contribution in [0, 0.1) is 0 Å². The standard InChI is InChI=1S/C23H21ClN2O4S/c1-2-29-23(28)18-8-6-17(7-9-18)21-11-10-20(30-21)13-25-26-22(27)15-31-14-16-4-3-5-19(24)12-16/h3-13H,2,14-15H2,1H3,(H,26,27)/b25-13-. The van der Waals surface area contributed by atoms with Crippen molar-refractivity contribution in [2.24, 2.45) is 5.10 Å². The van der Waals surface area contributed by atoms with E-state index in [1.54, 1.807) is 43.3 Å². The molecule has 0 fully saturated rings. The Morgan fingerprint density at radius 2 is 1.97 bits per heavy atom. The zero-order valence-corrected chi connectivity index (χ0v) is 18.4. The molecule has 1 amide bonds. The summed E-state index contributed by atoms with van der Waals surface area (Å²) < 4.78 is 10.7. The number of rotatable bonds is 9. The number of halogens is 1. The number of carbonyl (C=O) groups excluding carboxylic acids is 2. The van der Waals surface area contributed by atoms with Crippen molar-refractivity contribution in [1.29, 1.82) is 0 Å². The van der Waals surface area contributed by atoms with Gasteiger partial charge in [-0.25, -0.2) is 10.2 Å². The van der Waals surface area contributed by atoms with E-state index in [2.05, 4.69) is 10.5 Å². The highest BCUT2D eigenvalue weighted by atomic mass is 35.5. The molecule has 1 aromatic heterocycles. The molecule has 0 spiro atoms. The third-order valence-corrected chi connectivity index (χ3v) is 5.32. The molecule has 0 unspecified atom stereocenters. The molecule has 3 aromatic rings. The molecule has 31 heavy (non-hydrogen) atoms. The monoisotopic (exact) mass is 456 g/mol. The topological polar surface area (TPSA) is 80.9 Å². The van der Waals surface area contributed by atoms with Crippen LogP contribution < -0.4 is 5.43 Å². The number of nitrogens with zero attached hydrogens (tertiary/aromatic N) is 1. The minimum Gasteiger partial charge on any atom is -0.462 e. The first-order valence-electron chi connectivity index (χ1n) is 9.56. The van der Waals surface area contributed by atoms with E-state index in [9.17, 15) is 9.59 Å². The molecule has 0 aliphatic rings. The second-order valence-electron chi connectivity index (χ2n) is 6.42. The van der Waals surface area contributed by atoms with Crippen LogP contribution in [0.3, 0.4) is 0 Å². The largest absolute Gasteiger partial charge is 0.462 e. The number of carbonyl (C=O) groups is 2. The molecule has 0 bridgehead atoms. The Morgan fingerprint density at radius 1 is 1.16 bits per heavy atom. The summed E-state index contributed by atoms with van der Waals surface area (Å²) in [5, 5.41) is 4.61. The van der Waals surface area contributed by atoms with E-state index < -0.39 is 0 Å². The van der Waals surface area contributed by atoms with Gasteiger partial charge in [0.2, 0.25) is 5.91 Å². The molecule has 1 N–H and O–H groups in total. The lowest BCUT2D eigenvalue weighted by atomic mass is 10.1. The van der Waals surface area contributed by atoms with Crippen molar-refractivity contribution in [3.8, 4) is 11.3 Å². The van der Waals surface area contributed by atoms with E-state index >= 15 is 0 Å². The second kappa shape index (κ2) is 11.4. The van der Waals surface area contributed by atoms with Crippen LogP contribution in [0.15, 0.2) is 70.2 Å².